The van der Waals surface area contributed by atoms with E-state index in [4.69, 9.17) is 4.74 Å². The van der Waals surface area contributed by atoms with Crippen molar-refractivity contribution < 1.29 is 14.6 Å². The van der Waals surface area contributed by atoms with Crippen molar-refractivity contribution in [3.8, 4) is 5.75 Å². The minimum atomic E-state index is -0.483. The van der Waals surface area contributed by atoms with Gasteiger partial charge in [0.25, 0.3) is 0 Å². The molecule has 9 heteroatoms. The number of carbonyl (C=O) groups excluding carboxylic acids is 1. The molecule has 1 aromatic carbocycles. The highest BCUT2D eigenvalue weighted by Crippen LogP contribution is 2.27. The number of phenols is 1. The third-order valence-electron chi connectivity index (χ3n) is 4.32. The smallest absolute Gasteiger partial charge is 0.407 e. The van der Waals surface area contributed by atoms with E-state index in [-0.39, 0.29) is 24.0 Å². The fourth-order valence-corrected chi connectivity index (χ4v) is 3.02. The van der Waals surface area contributed by atoms with Crippen molar-refractivity contribution in [1.82, 2.24) is 15.5 Å². The minimum absolute atomic E-state index is 0. The molecule has 1 heterocycles. The number of rotatable bonds is 5. The van der Waals surface area contributed by atoms with Crippen LogP contribution in [0.25, 0.3) is 0 Å². The van der Waals surface area contributed by atoms with Crippen LogP contribution in [0.4, 0.5) is 10.5 Å². The summed E-state index contributed by atoms with van der Waals surface area (Å²) >= 11 is 0. The van der Waals surface area contributed by atoms with E-state index in [0.717, 1.165) is 44.2 Å². The van der Waals surface area contributed by atoms with Gasteiger partial charge in [-0.3, -0.25) is 4.99 Å². The summed E-state index contributed by atoms with van der Waals surface area (Å²) in [4.78, 5) is 20.4. The number of amides is 1. The van der Waals surface area contributed by atoms with Crippen molar-refractivity contribution >= 4 is 41.7 Å². The van der Waals surface area contributed by atoms with E-state index < -0.39 is 11.7 Å². The summed E-state index contributed by atoms with van der Waals surface area (Å²) in [6.45, 7) is 10.1. The molecule has 0 unspecified atom stereocenters. The van der Waals surface area contributed by atoms with E-state index in [0.29, 0.717) is 18.8 Å². The number of nitrogens with one attached hydrogen (secondary N) is 2. The number of halogens is 1. The van der Waals surface area contributed by atoms with Gasteiger partial charge in [-0.1, -0.05) is 12.1 Å². The van der Waals surface area contributed by atoms with E-state index >= 15 is 0 Å². The number of piperazine rings is 1. The molecule has 3 N–H and O–H groups in total. The van der Waals surface area contributed by atoms with Gasteiger partial charge in [0.2, 0.25) is 0 Å². The average Bonchev–Trinajstić information content (AvgIpc) is 2.64. The summed E-state index contributed by atoms with van der Waals surface area (Å²) in [5.74, 6) is 1.17. The number of hydrogen-bond donors (Lipinski definition) is 3. The largest absolute Gasteiger partial charge is 0.506 e. The monoisotopic (exact) mass is 519 g/mol. The lowest BCUT2D eigenvalue weighted by Gasteiger charge is -2.37. The van der Waals surface area contributed by atoms with Crippen LogP contribution in [0, 0.1) is 0 Å². The van der Waals surface area contributed by atoms with Crippen LogP contribution in [0.15, 0.2) is 29.3 Å². The summed E-state index contributed by atoms with van der Waals surface area (Å²) < 4.78 is 5.21. The van der Waals surface area contributed by atoms with E-state index in [9.17, 15) is 9.90 Å². The van der Waals surface area contributed by atoms with Gasteiger partial charge in [0.05, 0.1) is 5.69 Å². The van der Waals surface area contributed by atoms with Crippen LogP contribution >= 0.6 is 24.0 Å². The lowest BCUT2D eigenvalue weighted by Crippen LogP contribution is -2.52. The third-order valence-corrected chi connectivity index (χ3v) is 4.32. The number of hydrogen-bond acceptors (Lipinski definition) is 5. The molecule has 0 saturated carbocycles. The second kappa shape index (κ2) is 11.9. The summed E-state index contributed by atoms with van der Waals surface area (Å²) in [6.07, 6.45) is 0.382. The van der Waals surface area contributed by atoms with E-state index in [1.807, 2.05) is 39.0 Å². The number of guanidine groups is 1. The van der Waals surface area contributed by atoms with Gasteiger partial charge in [-0.05, 0) is 39.3 Å². The van der Waals surface area contributed by atoms with Crippen LogP contribution in [0.5, 0.6) is 5.75 Å². The first-order valence-electron chi connectivity index (χ1n) is 9.75. The molecule has 1 aromatic rings. The molecule has 0 spiro atoms. The number of phenolic OH excluding ortho intramolecular Hbond substituents is 1. The molecule has 29 heavy (non-hydrogen) atoms. The number of aromatic hydroxyl groups is 1. The standard InChI is InChI=1S/C20H33N5O3.HI/c1-20(2,3)28-19(27)23-11-7-10-22-18(21-4)25-14-12-24(13-15-25)16-8-5-6-9-17(16)26;/h5-6,8-9,26H,7,10-15H2,1-4H3,(H,21,22)(H,23,27);1H. The predicted molar refractivity (Wildman–Crippen MR) is 128 cm³/mol. The number of aliphatic imine (C=N–C) groups is 1. The molecule has 1 amide bonds. The van der Waals surface area contributed by atoms with Crippen LogP contribution < -0.4 is 15.5 Å². The SMILES string of the molecule is CN=C(NCCCNC(=O)OC(C)(C)C)N1CCN(c2ccccc2O)CC1.I. The van der Waals surface area contributed by atoms with Gasteiger partial charge in [-0.25, -0.2) is 4.79 Å². The van der Waals surface area contributed by atoms with Gasteiger partial charge in [0, 0.05) is 46.3 Å². The molecule has 0 aliphatic carbocycles. The van der Waals surface area contributed by atoms with Crippen LogP contribution in [0.3, 0.4) is 0 Å². The first-order chi connectivity index (χ1) is 13.3. The highest BCUT2D eigenvalue weighted by atomic mass is 127. The molecule has 8 nitrogen and oxygen atoms in total. The van der Waals surface area contributed by atoms with Crippen LogP contribution in [-0.4, -0.2) is 74.0 Å². The molecule has 1 aliphatic heterocycles. The Morgan fingerprint density at radius 3 is 2.34 bits per heavy atom. The Morgan fingerprint density at radius 2 is 1.76 bits per heavy atom. The molecule has 1 aliphatic rings. The summed E-state index contributed by atoms with van der Waals surface area (Å²) in [5, 5.41) is 16.1. The van der Waals surface area contributed by atoms with Crippen molar-refractivity contribution in [1.29, 1.82) is 0 Å². The fraction of sp³-hybridized carbons (Fsp3) is 0.600. The normalized spacial score (nSPS) is 14.8. The molecule has 164 valence electrons. The number of alkyl carbamates (subject to hydrolysis) is 1. The van der Waals surface area contributed by atoms with E-state index in [1.54, 1.807) is 13.1 Å². The predicted octanol–water partition coefficient (Wildman–Crippen LogP) is 2.62. The number of carbonyl (C=O) groups is 1. The fourth-order valence-electron chi connectivity index (χ4n) is 3.02. The molecule has 2 rings (SSSR count). The Morgan fingerprint density at radius 1 is 1.14 bits per heavy atom. The maximum atomic E-state index is 11.6. The lowest BCUT2D eigenvalue weighted by atomic mass is 10.2. The Labute approximate surface area is 190 Å². The number of para-hydroxylation sites is 2. The second-order valence-electron chi connectivity index (χ2n) is 7.72. The van der Waals surface area contributed by atoms with E-state index in [1.165, 1.54) is 0 Å². The summed E-state index contributed by atoms with van der Waals surface area (Å²) in [7, 11) is 1.77. The first kappa shape index (κ1) is 25.1. The minimum Gasteiger partial charge on any atom is -0.506 e. The summed E-state index contributed by atoms with van der Waals surface area (Å²) in [6, 6.07) is 7.43. The molecule has 0 atom stereocenters. The van der Waals surface area contributed by atoms with Gasteiger partial charge in [-0.2, -0.15) is 0 Å². The number of nitrogens with zero attached hydrogens (tertiary/aromatic N) is 3. The molecule has 1 saturated heterocycles. The molecule has 0 aromatic heterocycles. The maximum absolute atomic E-state index is 11.6. The van der Waals surface area contributed by atoms with Gasteiger partial charge in [-0.15, -0.1) is 24.0 Å². The Bertz CT molecular complexity index is 670. The van der Waals surface area contributed by atoms with Gasteiger partial charge in [0.15, 0.2) is 5.96 Å². The highest BCUT2D eigenvalue weighted by molar-refractivity contribution is 14.0. The zero-order valence-electron chi connectivity index (χ0n) is 17.8. The van der Waals surface area contributed by atoms with Crippen LogP contribution in [0.2, 0.25) is 0 Å². The number of ether oxygens (including phenoxy) is 1. The first-order valence-corrected chi connectivity index (χ1v) is 9.75. The maximum Gasteiger partial charge on any atom is 0.407 e. The Balaban J connectivity index is 0.00000420. The molecular weight excluding hydrogens is 485 g/mol. The quantitative estimate of drug-likeness (QED) is 0.240. The Kier molecular flexibility index (Phi) is 10.3. The van der Waals surface area contributed by atoms with Crippen LogP contribution in [-0.2, 0) is 4.74 Å². The molecule has 1 fully saturated rings. The van der Waals surface area contributed by atoms with Gasteiger partial charge in [0.1, 0.15) is 11.4 Å². The zero-order valence-corrected chi connectivity index (χ0v) is 20.1. The van der Waals surface area contributed by atoms with Crippen LogP contribution in [0.1, 0.15) is 27.2 Å². The highest BCUT2D eigenvalue weighted by Gasteiger charge is 2.21. The zero-order chi connectivity index (χ0) is 20.6. The molecule has 0 radical (unpaired) electrons. The van der Waals surface area contributed by atoms with Crippen molar-refractivity contribution in [3.05, 3.63) is 24.3 Å². The second-order valence-corrected chi connectivity index (χ2v) is 7.72. The number of anilines is 1. The van der Waals surface area contributed by atoms with E-state index in [2.05, 4.69) is 25.4 Å². The molecular formula is C20H34IN5O3. The van der Waals surface area contributed by atoms with Crippen molar-refractivity contribution in [2.45, 2.75) is 32.8 Å². The Hall–Kier alpha value is -1.91. The van der Waals surface area contributed by atoms with Gasteiger partial charge >= 0.3 is 6.09 Å². The topological polar surface area (TPSA) is 89.4 Å². The van der Waals surface area contributed by atoms with Crippen molar-refractivity contribution in [2.24, 2.45) is 4.99 Å². The average molecular weight is 519 g/mol. The van der Waals surface area contributed by atoms with Crippen molar-refractivity contribution in [2.75, 3.05) is 51.2 Å². The van der Waals surface area contributed by atoms with Crippen molar-refractivity contribution in [3.63, 3.8) is 0 Å². The summed E-state index contributed by atoms with van der Waals surface area (Å²) in [5.41, 5.74) is 0.390. The third kappa shape index (κ3) is 8.55. The number of benzene rings is 1. The van der Waals surface area contributed by atoms with Gasteiger partial charge < -0.3 is 30.3 Å². The lowest BCUT2D eigenvalue weighted by molar-refractivity contribution is 0.0527. The molecule has 0 bridgehead atoms.